The van der Waals surface area contributed by atoms with E-state index in [0.717, 1.165) is 32.9 Å². The van der Waals surface area contributed by atoms with Crippen molar-refractivity contribution in [2.45, 2.75) is 25.4 Å². The lowest BCUT2D eigenvalue weighted by molar-refractivity contribution is 1.01. The van der Waals surface area contributed by atoms with Gasteiger partial charge in [-0.1, -0.05) is 0 Å². The molecule has 2 aromatic heterocycles. The van der Waals surface area contributed by atoms with Crippen molar-refractivity contribution in [1.29, 1.82) is 0 Å². The van der Waals surface area contributed by atoms with E-state index in [-0.39, 0.29) is 0 Å². The van der Waals surface area contributed by atoms with Crippen LogP contribution in [0.5, 0.6) is 0 Å². The van der Waals surface area contributed by atoms with Gasteiger partial charge in [-0.2, -0.15) is 0 Å². The normalized spacial score (nSPS) is 10.6. The first kappa shape index (κ1) is 11.5. The second-order valence-corrected chi connectivity index (χ2v) is 5.60. The monoisotopic (exact) mass is 252 g/mol. The fraction of sp³-hybridized carbons (Fsp3) is 0.400. The highest BCUT2D eigenvalue weighted by atomic mass is 32.2. The van der Waals surface area contributed by atoms with Gasteiger partial charge in [0.1, 0.15) is 15.8 Å². The Labute approximate surface area is 103 Å². The van der Waals surface area contributed by atoms with Gasteiger partial charge in [0.25, 0.3) is 0 Å². The Kier molecular flexibility index (Phi) is 3.84. The second kappa shape index (κ2) is 5.36. The number of thioether (sulfide) groups is 1. The Morgan fingerprint density at radius 1 is 1.12 bits per heavy atom. The summed E-state index contributed by atoms with van der Waals surface area (Å²) in [6, 6.07) is 0. The van der Waals surface area contributed by atoms with E-state index >= 15 is 0 Å². The van der Waals surface area contributed by atoms with Gasteiger partial charge in [-0.3, -0.25) is 0 Å². The van der Waals surface area contributed by atoms with Crippen molar-refractivity contribution in [1.82, 2.24) is 20.2 Å². The predicted octanol–water partition coefficient (Wildman–Crippen LogP) is 2.38. The molecule has 0 saturated heterocycles. The lowest BCUT2D eigenvalue weighted by Crippen LogP contribution is -1.90. The van der Waals surface area contributed by atoms with E-state index in [1.54, 1.807) is 23.1 Å². The summed E-state index contributed by atoms with van der Waals surface area (Å²) in [5.41, 5.74) is 1.15. The second-order valence-electron chi connectivity index (χ2n) is 3.35. The highest BCUT2D eigenvalue weighted by molar-refractivity contribution is 7.97. The Balaban J connectivity index is 1.82. The Bertz CT molecular complexity index is 452. The standard InChI is InChI=1S/C10H12N4S2/c1-7-11-3-9(4-12-7)5-15-6-10-14-13-8(2)16-10/h3-4H,5-6H2,1-2H3. The van der Waals surface area contributed by atoms with Crippen molar-refractivity contribution in [3.05, 3.63) is 33.8 Å². The van der Waals surface area contributed by atoms with Crippen LogP contribution in [-0.2, 0) is 11.5 Å². The third-order valence-electron chi connectivity index (χ3n) is 1.90. The minimum Gasteiger partial charge on any atom is -0.241 e. The number of rotatable bonds is 4. The fourth-order valence-corrected chi connectivity index (χ4v) is 2.86. The maximum atomic E-state index is 4.16. The molecule has 0 aromatic carbocycles. The van der Waals surface area contributed by atoms with Crippen LogP contribution in [0, 0.1) is 13.8 Å². The SMILES string of the molecule is Cc1ncc(CSCc2nnc(C)s2)cn1. The molecule has 6 heteroatoms. The van der Waals surface area contributed by atoms with Gasteiger partial charge in [0.05, 0.1) is 0 Å². The zero-order chi connectivity index (χ0) is 11.4. The smallest absolute Gasteiger partial charge is 0.127 e. The molecule has 0 aliphatic heterocycles. The Hall–Kier alpha value is -1.01. The third kappa shape index (κ3) is 3.24. The van der Waals surface area contributed by atoms with Crippen LogP contribution in [0.2, 0.25) is 0 Å². The van der Waals surface area contributed by atoms with Crippen molar-refractivity contribution < 1.29 is 0 Å². The summed E-state index contributed by atoms with van der Waals surface area (Å²) < 4.78 is 0. The van der Waals surface area contributed by atoms with Crippen LogP contribution in [0.15, 0.2) is 12.4 Å². The first-order chi connectivity index (χ1) is 7.74. The lowest BCUT2D eigenvalue weighted by atomic mass is 10.4. The van der Waals surface area contributed by atoms with Gasteiger partial charge < -0.3 is 0 Å². The zero-order valence-corrected chi connectivity index (χ0v) is 10.8. The quantitative estimate of drug-likeness (QED) is 0.836. The van der Waals surface area contributed by atoms with Crippen LogP contribution in [0.4, 0.5) is 0 Å². The minimum atomic E-state index is 0.813. The molecule has 4 nitrogen and oxygen atoms in total. The van der Waals surface area contributed by atoms with Crippen molar-refractivity contribution in [2.24, 2.45) is 0 Å². The molecule has 16 heavy (non-hydrogen) atoms. The van der Waals surface area contributed by atoms with Crippen LogP contribution in [-0.4, -0.2) is 20.2 Å². The molecule has 0 fully saturated rings. The largest absolute Gasteiger partial charge is 0.241 e. The van der Waals surface area contributed by atoms with Gasteiger partial charge in [-0.25, -0.2) is 9.97 Å². The molecular formula is C10H12N4S2. The summed E-state index contributed by atoms with van der Waals surface area (Å²) >= 11 is 3.46. The van der Waals surface area contributed by atoms with Crippen LogP contribution in [0.3, 0.4) is 0 Å². The summed E-state index contributed by atoms with van der Waals surface area (Å²) in [6.45, 7) is 3.86. The molecule has 0 atom stereocenters. The molecule has 0 bridgehead atoms. The van der Waals surface area contributed by atoms with E-state index in [0.29, 0.717) is 0 Å². The van der Waals surface area contributed by atoms with Crippen LogP contribution < -0.4 is 0 Å². The van der Waals surface area contributed by atoms with E-state index in [2.05, 4.69) is 20.2 Å². The summed E-state index contributed by atoms with van der Waals surface area (Å²) in [5.74, 6) is 2.63. The molecule has 0 N–H and O–H groups in total. The summed E-state index contributed by atoms with van der Waals surface area (Å²) in [4.78, 5) is 8.32. The summed E-state index contributed by atoms with van der Waals surface area (Å²) in [5, 5.41) is 10.2. The van der Waals surface area contributed by atoms with Crippen molar-refractivity contribution in [3.8, 4) is 0 Å². The molecular weight excluding hydrogens is 240 g/mol. The molecule has 2 rings (SSSR count). The fourth-order valence-electron chi connectivity index (χ4n) is 1.15. The summed E-state index contributed by atoms with van der Waals surface area (Å²) in [6.07, 6.45) is 3.75. The topological polar surface area (TPSA) is 51.6 Å². The van der Waals surface area contributed by atoms with Crippen molar-refractivity contribution >= 4 is 23.1 Å². The molecule has 0 saturated carbocycles. The van der Waals surface area contributed by atoms with Gasteiger partial charge in [0.2, 0.25) is 0 Å². The number of aryl methyl sites for hydroxylation is 2. The maximum absolute atomic E-state index is 4.16. The molecule has 0 amide bonds. The first-order valence-corrected chi connectivity index (χ1v) is 6.85. The Morgan fingerprint density at radius 2 is 1.88 bits per heavy atom. The van der Waals surface area contributed by atoms with Gasteiger partial charge >= 0.3 is 0 Å². The molecule has 0 unspecified atom stereocenters. The van der Waals surface area contributed by atoms with E-state index in [1.165, 1.54) is 0 Å². The van der Waals surface area contributed by atoms with Crippen molar-refractivity contribution in [3.63, 3.8) is 0 Å². The van der Waals surface area contributed by atoms with Crippen LogP contribution >= 0.6 is 23.1 Å². The summed E-state index contributed by atoms with van der Waals surface area (Å²) in [7, 11) is 0. The van der Waals surface area contributed by atoms with Crippen molar-refractivity contribution in [2.75, 3.05) is 0 Å². The molecule has 0 spiro atoms. The number of hydrogen-bond acceptors (Lipinski definition) is 6. The average Bonchev–Trinajstić information content (AvgIpc) is 2.67. The van der Waals surface area contributed by atoms with Gasteiger partial charge in [0, 0.05) is 23.9 Å². The predicted molar refractivity (Wildman–Crippen MR) is 66.4 cm³/mol. The van der Waals surface area contributed by atoms with Gasteiger partial charge in [-0.15, -0.1) is 33.3 Å². The molecule has 0 aliphatic carbocycles. The van der Waals surface area contributed by atoms with Gasteiger partial charge in [-0.05, 0) is 19.4 Å². The minimum absolute atomic E-state index is 0.813. The van der Waals surface area contributed by atoms with Gasteiger partial charge in [0.15, 0.2) is 0 Å². The molecule has 2 aromatic rings. The zero-order valence-electron chi connectivity index (χ0n) is 9.17. The lowest BCUT2D eigenvalue weighted by Gasteiger charge is -1.99. The molecule has 0 aliphatic rings. The number of nitrogens with zero attached hydrogens (tertiary/aromatic N) is 4. The number of hydrogen-bond donors (Lipinski definition) is 0. The molecule has 2 heterocycles. The highest BCUT2D eigenvalue weighted by Crippen LogP contribution is 2.19. The highest BCUT2D eigenvalue weighted by Gasteiger charge is 2.01. The average molecular weight is 252 g/mol. The first-order valence-electron chi connectivity index (χ1n) is 4.88. The van der Waals surface area contributed by atoms with Crippen LogP contribution in [0.25, 0.3) is 0 Å². The maximum Gasteiger partial charge on any atom is 0.127 e. The molecule has 0 radical (unpaired) electrons. The van der Waals surface area contributed by atoms with E-state index < -0.39 is 0 Å². The van der Waals surface area contributed by atoms with E-state index in [9.17, 15) is 0 Å². The van der Waals surface area contributed by atoms with E-state index in [1.807, 2.05) is 26.2 Å². The van der Waals surface area contributed by atoms with Crippen LogP contribution in [0.1, 0.15) is 21.4 Å². The Morgan fingerprint density at radius 3 is 2.50 bits per heavy atom. The molecule has 84 valence electrons. The van der Waals surface area contributed by atoms with E-state index in [4.69, 9.17) is 0 Å². The third-order valence-corrected chi connectivity index (χ3v) is 3.93. The number of aromatic nitrogens is 4.